The summed E-state index contributed by atoms with van der Waals surface area (Å²) in [7, 11) is 0. The highest BCUT2D eigenvalue weighted by molar-refractivity contribution is 9.11. The second kappa shape index (κ2) is 3.72. The topological polar surface area (TPSA) is 12.5 Å². The third-order valence-electron chi connectivity index (χ3n) is 4.33. The van der Waals surface area contributed by atoms with Crippen LogP contribution in [0.2, 0.25) is 0 Å². The quantitative estimate of drug-likeness (QED) is 0.697. The largest absolute Gasteiger partial charge is 0.359 e. The molecule has 2 aromatic carbocycles. The van der Waals surface area contributed by atoms with Crippen LogP contribution in [-0.4, -0.2) is 12.2 Å². The molecular weight excluding hydrogens is 312 g/mol. The lowest BCUT2D eigenvalue weighted by molar-refractivity contribution is 0.416. The average molecular weight is 323 g/mol. The number of fused-ring (bicyclic) bond motifs is 5. The van der Waals surface area contributed by atoms with Gasteiger partial charge in [0.25, 0.3) is 0 Å². The van der Waals surface area contributed by atoms with E-state index in [0.29, 0.717) is 6.10 Å². The van der Waals surface area contributed by atoms with Gasteiger partial charge in [0.1, 0.15) is 12.2 Å². The molecule has 3 aliphatic rings. The number of ether oxygens (including phenoxy) is 1. The van der Waals surface area contributed by atoms with Crippen molar-refractivity contribution in [2.24, 2.45) is 0 Å². The van der Waals surface area contributed by atoms with Gasteiger partial charge >= 0.3 is 0 Å². The van der Waals surface area contributed by atoms with E-state index in [4.69, 9.17) is 4.74 Å². The fourth-order valence-corrected chi connectivity index (χ4v) is 3.84. The molecule has 1 fully saturated rings. The molecule has 0 bridgehead atoms. The highest BCUT2D eigenvalue weighted by Crippen LogP contribution is 2.56. The van der Waals surface area contributed by atoms with E-state index in [1.807, 2.05) is 0 Å². The standard InChI is InChI=1S/C18H11BrO/c19-15-9-14-13-8-11(10-4-2-1-3-5-10)6-7-12(13)16(14)18-17(15)20-18/h1-9,17-18H. The molecule has 1 saturated heterocycles. The van der Waals surface area contributed by atoms with Crippen LogP contribution >= 0.6 is 15.9 Å². The Morgan fingerprint density at radius 1 is 0.850 bits per heavy atom. The third-order valence-corrected chi connectivity index (χ3v) is 5.01. The number of epoxide rings is 1. The number of benzene rings is 2. The lowest BCUT2D eigenvalue weighted by Crippen LogP contribution is -2.15. The van der Waals surface area contributed by atoms with E-state index in [0.717, 1.165) is 0 Å². The molecule has 0 amide bonds. The molecule has 0 spiro atoms. The van der Waals surface area contributed by atoms with E-state index in [9.17, 15) is 0 Å². The van der Waals surface area contributed by atoms with Crippen molar-refractivity contribution in [1.29, 1.82) is 0 Å². The highest BCUT2D eigenvalue weighted by atomic mass is 79.9. The van der Waals surface area contributed by atoms with Crippen LogP contribution in [0.3, 0.4) is 0 Å². The molecule has 5 rings (SSSR count). The van der Waals surface area contributed by atoms with Gasteiger partial charge in [-0.05, 0) is 45.5 Å². The normalized spacial score (nSPS) is 25.1. The van der Waals surface area contributed by atoms with E-state index in [-0.39, 0.29) is 6.10 Å². The maximum atomic E-state index is 5.72. The number of halogens is 1. The first-order valence-electron chi connectivity index (χ1n) is 6.80. The molecule has 20 heavy (non-hydrogen) atoms. The van der Waals surface area contributed by atoms with Gasteiger partial charge in [-0.1, -0.05) is 58.4 Å². The molecule has 2 aromatic rings. The van der Waals surface area contributed by atoms with Crippen LogP contribution in [0, 0.1) is 0 Å². The maximum Gasteiger partial charge on any atom is 0.120 e. The Hall–Kier alpha value is -1.64. The summed E-state index contributed by atoms with van der Waals surface area (Å²) in [6, 6.07) is 17.3. The molecule has 0 aromatic heterocycles. The van der Waals surface area contributed by atoms with Crippen molar-refractivity contribution in [3.8, 4) is 11.1 Å². The summed E-state index contributed by atoms with van der Waals surface area (Å²) in [5, 5.41) is 0. The van der Waals surface area contributed by atoms with Gasteiger partial charge in [-0.25, -0.2) is 0 Å². The summed E-state index contributed by atoms with van der Waals surface area (Å²) in [5.41, 5.74) is 8.01. The zero-order valence-electron chi connectivity index (χ0n) is 10.6. The van der Waals surface area contributed by atoms with Crippen molar-refractivity contribution in [3.05, 3.63) is 70.2 Å². The van der Waals surface area contributed by atoms with Crippen molar-refractivity contribution in [3.63, 3.8) is 0 Å². The summed E-state index contributed by atoms with van der Waals surface area (Å²) in [4.78, 5) is 0. The monoisotopic (exact) mass is 322 g/mol. The summed E-state index contributed by atoms with van der Waals surface area (Å²) >= 11 is 3.61. The predicted octanol–water partition coefficient (Wildman–Crippen LogP) is 4.64. The molecule has 1 heterocycles. The number of hydrogen-bond acceptors (Lipinski definition) is 1. The average Bonchev–Trinajstić information content (AvgIpc) is 3.26. The number of rotatable bonds is 1. The molecule has 2 heteroatoms. The SMILES string of the molecule is BrC1=CC2=C(c3ccc(-c4ccccc4)cc32)C2OC12. The van der Waals surface area contributed by atoms with Crippen LogP contribution < -0.4 is 0 Å². The molecular formula is C18H11BrO. The number of allylic oxidation sites excluding steroid dienone is 2. The summed E-state index contributed by atoms with van der Waals surface area (Å²) in [5.74, 6) is 0. The first-order chi connectivity index (χ1) is 9.83. The van der Waals surface area contributed by atoms with E-state index in [1.165, 1.54) is 37.9 Å². The minimum atomic E-state index is 0.274. The molecule has 2 atom stereocenters. The molecule has 96 valence electrons. The second-order valence-corrected chi connectivity index (χ2v) is 6.38. The lowest BCUT2D eigenvalue weighted by Gasteiger charge is -2.28. The van der Waals surface area contributed by atoms with Crippen molar-refractivity contribution < 1.29 is 4.74 Å². The van der Waals surface area contributed by atoms with Crippen molar-refractivity contribution in [2.45, 2.75) is 12.2 Å². The van der Waals surface area contributed by atoms with E-state index in [1.54, 1.807) is 0 Å². The molecule has 1 nitrogen and oxygen atoms in total. The van der Waals surface area contributed by atoms with E-state index in [2.05, 4.69) is 70.5 Å². The maximum absolute atomic E-state index is 5.72. The van der Waals surface area contributed by atoms with Crippen LogP contribution in [0.1, 0.15) is 11.1 Å². The number of hydrogen-bond donors (Lipinski definition) is 0. The van der Waals surface area contributed by atoms with Gasteiger partial charge in [0, 0.05) is 4.48 Å². The Kier molecular flexibility index (Phi) is 2.06. The van der Waals surface area contributed by atoms with E-state index < -0.39 is 0 Å². The first kappa shape index (κ1) is 11.1. The predicted molar refractivity (Wildman–Crippen MR) is 84.4 cm³/mol. The second-order valence-electron chi connectivity index (χ2n) is 5.46. The van der Waals surface area contributed by atoms with Gasteiger partial charge in [-0.3, -0.25) is 0 Å². The van der Waals surface area contributed by atoms with Gasteiger partial charge in [0.2, 0.25) is 0 Å². The Morgan fingerprint density at radius 3 is 2.55 bits per heavy atom. The fourth-order valence-electron chi connectivity index (χ4n) is 3.26. The van der Waals surface area contributed by atoms with Crippen LogP contribution in [0.15, 0.2) is 59.1 Å². The zero-order valence-corrected chi connectivity index (χ0v) is 12.2. The molecule has 2 unspecified atom stereocenters. The molecule has 0 saturated carbocycles. The van der Waals surface area contributed by atoms with Gasteiger partial charge in [-0.2, -0.15) is 0 Å². The summed E-state index contributed by atoms with van der Waals surface area (Å²) in [6.45, 7) is 0. The highest BCUT2D eigenvalue weighted by Gasteiger charge is 2.51. The Balaban J connectivity index is 1.63. The summed E-state index contributed by atoms with van der Waals surface area (Å²) in [6.07, 6.45) is 2.79. The smallest absolute Gasteiger partial charge is 0.120 e. The zero-order chi connectivity index (χ0) is 13.3. The van der Waals surface area contributed by atoms with Gasteiger partial charge in [0.05, 0.1) is 0 Å². The molecule has 0 N–H and O–H groups in total. The minimum Gasteiger partial charge on any atom is -0.359 e. The fraction of sp³-hybridized carbons (Fsp3) is 0.111. The minimum absolute atomic E-state index is 0.274. The summed E-state index contributed by atoms with van der Waals surface area (Å²) < 4.78 is 6.90. The molecule has 2 aliphatic carbocycles. The van der Waals surface area contributed by atoms with E-state index >= 15 is 0 Å². The van der Waals surface area contributed by atoms with Crippen LogP contribution in [0.5, 0.6) is 0 Å². The first-order valence-corrected chi connectivity index (χ1v) is 7.59. The van der Waals surface area contributed by atoms with Crippen molar-refractivity contribution in [1.82, 2.24) is 0 Å². The van der Waals surface area contributed by atoms with Crippen LogP contribution in [0.4, 0.5) is 0 Å². The van der Waals surface area contributed by atoms with Gasteiger partial charge in [-0.15, -0.1) is 0 Å². The van der Waals surface area contributed by atoms with Crippen LogP contribution in [0.25, 0.3) is 22.3 Å². The van der Waals surface area contributed by atoms with Crippen molar-refractivity contribution >= 4 is 27.1 Å². The molecule has 1 aliphatic heterocycles. The third kappa shape index (κ3) is 1.36. The van der Waals surface area contributed by atoms with Gasteiger partial charge in [0.15, 0.2) is 0 Å². The molecule has 0 radical (unpaired) electrons. The Bertz CT molecular complexity index is 801. The Labute approximate surface area is 125 Å². The van der Waals surface area contributed by atoms with Gasteiger partial charge < -0.3 is 4.74 Å². The van der Waals surface area contributed by atoms with Crippen molar-refractivity contribution in [2.75, 3.05) is 0 Å². The van der Waals surface area contributed by atoms with Crippen LogP contribution in [-0.2, 0) is 4.74 Å². The Morgan fingerprint density at radius 2 is 1.70 bits per heavy atom. The lowest BCUT2D eigenvalue weighted by atomic mass is 9.75.